The monoisotopic (exact) mass is 446 g/mol. The quantitative estimate of drug-likeness (QED) is 0.582. The molecule has 4 radical (unpaired) electrons. The standard InChI is InChI=1S/C4H10.2CH4.4Y/c1-3-4-2;;;;;;/h3-4H2,1-2H3;2*1H4;;;;. The molecule has 4 heteroatoms. The molecule has 0 N–H and O–H groups in total. The molecule has 0 saturated carbocycles. The van der Waals surface area contributed by atoms with E-state index in [1.165, 1.54) is 12.8 Å². The zero-order valence-corrected chi connectivity index (χ0v) is 17.1. The van der Waals surface area contributed by atoms with E-state index in [1.807, 2.05) is 0 Å². The Bertz CT molecular complexity index is 11.7. The molecular formula is C6H18Y4. The molecule has 0 saturated heterocycles. The fourth-order valence-electron chi connectivity index (χ4n) is 0. The van der Waals surface area contributed by atoms with E-state index in [4.69, 9.17) is 0 Å². The van der Waals surface area contributed by atoms with Crippen molar-refractivity contribution in [2.45, 2.75) is 41.5 Å². The third kappa shape index (κ3) is 55.2. The van der Waals surface area contributed by atoms with Gasteiger partial charge in [-0.2, -0.15) is 0 Å². The first kappa shape index (κ1) is 47.2. The van der Waals surface area contributed by atoms with Gasteiger partial charge < -0.3 is 0 Å². The van der Waals surface area contributed by atoms with Gasteiger partial charge in [-0.25, -0.2) is 0 Å². The van der Waals surface area contributed by atoms with E-state index in [2.05, 4.69) is 13.8 Å². The van der Waals surface area contributed by atoms with Crippen LogP contribution in [-0.2, 0) is 131 Å². The number of unbranched alkanes of at least 4 members (excludes halogenated alkanes) is 1. The van der Waals surface area contributed by atoms with Crippen molar-refractivity contribution in [3.8, 4) is 0 Å². The van der Waals surface area contributed by atoms with Crippen molar-refractivity contribution < 1.29 is 131 Å². The maximum absolute atomic E-state index is 2.18. The van der Waals surface area contributed by atoms with E-state index in [-0.39, 0.29) is 146 Å². The SMILES string of the molecule is C.C.CCCC.[Y].[Y].[Y].[Y]. The maximum atomic E-state index is 2.18. The zero-order chi connectivity index (χ0) is 3.41. The van der Waals surface area contributed by atoms with E-state index in [9.17, 15) is 0 Å². The average molecular weight is 446 g/mol. The van der Waals surface area contributed by atoms with Gasteiger partial charge in [-0.05, 0) is 0 Å². The van der Waals surface area contributed by atoms with Crippen molar-refractivity contribution in [3.63, 3.8) is 0 Å². The summed E-state index contributed by atoms with van der Waals surface area (Å²) in [6.45, 7) is 4.36. The molecular weight excluding hydrogens is 428 g/mol. The van der Waals surface area contributed by atoms with Gasteiger partial charge >= 0.3 is 0 Å². The topological polar surface area (TPSA) is 0 Å². The molecule has 0 atom stereocenters. The van der Waals surface area contributed by atoms with Gasteiger partial charge in [-0.1, -0.05) is 41.5 Å². The summed E-state index contributed by atoms with van der Waals surface area (Å²) in [6.07, 6.45) is 2.64. The summed E-state index contributed by atoms with van der Waals surface area (Å²) in [5.41, 5.74) is 0. The summed E-state index contributed by atoms with van der Waals surface area (Å²) in [7, 11) is 0. The summed E-state index contributed by atoms with van der Waals surface area (Å²) in [5, 5.41) is 0. The van der Waals surface area contributed by atoms with Crippen LogP contribution in [0.3, 0.4) is 0 Å². The molecule has 0 fully saturated rings. The van der Waals surface area contributed by atoms with Crippen LogP contribution in [0.4, 0.5) is 0 Å². The molecule has 0 aromatic rings. The molecule has 0 amide bonds. The average Bonchev–Trinajstić information content (AvgIpc) is 1.37. The molecule has 0 aliphatic carbocycles. The van der Waals surface area contributed by atoms with Crippen LogP contribution in [0.25, 0.3) is 0 Å². The van der Waals surface area contributed by atoms with Crippen molar-refractivity contribution in [2.24, 2.45) is 0 Å². The van der Waals surface area contributed by atoms with Crippen molar-refractivity contribution in [3.05, 3.63) is 0 Å². The summed E-state index contributed by atoms with van der Waals surface area (Å²) in [6, 6.07) is 0. The van der Waals surface area contributed by atoms with E-state index in [0.717, 1.165) is 0 Å². The van der Waals surface area contributed by atoms with Crippen LogP contribution < -0.4 is 0 Å². The predicted molar refractivity (Wildman–Crippen MR) is 34.0 cm³/mol. The van der Waals surface area contributed by atoms with Crippen LogP contribution in [0.15, 0.2) is 0 Å². The smallest absolute Gasteiger partial charge is 0 e. The van der Waals surface area contributed by atoms with Crippen molar-refractivity contribution in [1.82, 2.24) is 0 Å². The Morgan fingerprint density at radius 1 is 0.600 bits per heavy atom. The second kappa shape index (κ2) is 50.2. The van der Waals surface area contributed by atoms with Crippen LogP contribution in [0.5, 0.6) is 0 Å². The number of rotatable bonds is 1. The normalized spacial score (nSPS) is 3.00. The first-order valence-electron chi connectivity index (χ1n) is 1.91. The molecule has 0 aliphatic rings. The minimum absolute atomic E-state index is 0. The van der Waals surface area contributed by atoms with Crippen LogP contribution in [0.2, 0.25) is 0 Å². The molecule has 54 valence electrons. The second-order valence-corrected chi connectivity index (χ2v) is 1.000. The van der Waals surface area contributed by atoms with Crippen molar-refractivity contribution in [2.75, 3.05) is 0 Å². The Balaban J connectivity index is -0.00000000300. The Labute approximate surface area is 168 Å². The number of hydrogen-bond acceptors (Lipinski definition) is 0. The minimum atomic E-state index is 0. The predicted octanol–water partition coefficient (Wildman–Crippen LogP) is 3.07. The summed E-state index contributed by atoms with van der Waals surface area (Å²) >= 11 is 0. The van der Waals surface area contributed by atoms with E-state index in [0.29, 0.717) is 0 Å². The van der Waals surface area contributed by atoms with Crippen LogP contribution in [-0.4, -0.2) is 0 Å². The molecule has 0 rings (SSSR count). The molecule has 10 heavy (non-hydrogen) atoms. The fraction of sp³-hybridized carbons (Fsp3) is 1.00. The Morgan fingerprint density at radius 2 is 0.700 bits per heavy atom. The van der Waals surface area contributed by atoms with Crippen LogP contribution in [0, 0.1) is 0 Å². The molecule has 0 nitrogen and oxygen atoms in total. The summed E-state index contributed by atoms with van der Waals surface area (Å²) in [5.74, 6) is 0. The van der Waals surface area contributed by atoms with Crippen LogP contribution in [0.1, 0.15) is 41.5 Å². The first-order valence-corrected chi connectivity index (χ1v) is 1.91. The van der Waals surface area contributed by atoms with Crippen molar-refractivity contribution >= 4 is 0 Å². The molecule has 0 aromatic heterocycles. The van der Waals surface area contributed by atoms with Gasteiger partial charge in [-0.3, -0.25) is 0 Å². The zero-order valence-electron chi connectivity index (χ0n) is 5.72. The van der Waals surface area contributed by atoms with Gasteiger partial charge in [0, 0.05) is 131 Å². The first-order chi connectivity index (χ1) is 1.91. The maximum Gasteiger partial charge on any atom is 0 e. The fourth-order valence-corrected chi connectivity index (χ4v) is 0. The van der Waals surface area contributed by atoms with E-state index < -0.39 is 0 Å². The van der Waals surface area contributed by atoms with E-state index >= 15 is 0 Å². The van der Waals surface area contributed by atoms with Gasteiger partial charge in [0.1, 0.15) is 0 Å². The Hall–Kier alpha value is 4.42. The minimum Gasteiger partial charge on any atom is -0.0776 e. The van der Waals surface area contributed by atoms with Crippen molar-refractivity contribution in [1.29, 1.82) is 0 Å². The molecule has 0 aromatic carbocycles. The van der Waals surface area contributed by atoms with Gasteiger partial charge in [0.05, 0.1) is 0 Å². The Morgan fingerprint density at radius 3 is 0.700 bits per heavy atom. The van der Waals surface area contributed by atoms with Gasteiger partial charge in [-0.15, -0.1) is 0 Å². The van der Waals surface area contributed by atoms with Crippen LogP contribution >= 0.6 is 0 Å². The van der Waals surface area contributed by atoms with Gasteiger partial charge in [0.2, 0.25) is 0 Å². The third-order valence-electron chi connectivity index (χ3n) is 0.500. The Kier molecular flexibility index (Phi) is 237. The largest absolute Gasteiger partial charge is 0.0776 e. The summed E-state index contributed by atoms with van der Waals surface area (Å²) in [4.78, 5) is 0. The third-order valence-corrected chi connectivity index (χ3v) is 0.500. The molecule has 0 bridgehead atoms. The van der Waals surface area contributed by atoms with E-state index in [1.54, 1.807) is 0 Å². The van der Waals surface area contributed by atoms with Gasteiger partial charge in [0.25, 0.3) is 0 Å². The molecule has 0 unspecified atom stereocenters. The second-order valence-electron chi connectivity index (χ2n) is 1.000. The molecule has 0 heterocycles. The number of hydrogen-bond donors (Lipinski definition) is 0. The van der Waals surface area contributed by atoms with Gasteiger partial charge in [0.15, 0.2) is 0 Å². The molecule has 0 aliphatic heterocycles. The molecule has 0 spiro atoms. The summed E-state index contributed by atoms with van der Waals surface area (Å²) < 4.78 is 0.